The molecule has 4 aromatic rings. The van der Waals surface area contributed by atoms with E-state index in [2.05, 4.69) is 17.1 Å². The summed E-state index contributed by atoms with van der Waals surface area (Å²) in [4.78, 5) is 4.05. The average Bonchev–Trinajstić information content (AvgIpc) is 2.73. The zero-order chi connectivity index (χ0) is 18.7. The molecule has 0 radical (unpaired) electrons. The highest BCUT2D eigenvalue weighted by atomic mass is 32.2. The highest BCUT2D eigenvalue weighted by molar-refractivity contribution is 7.91. The zero-order valence-electron chi connectivity index (χ0n) is 14.7. The van der Waals surface area contributed by atoms with Gasteiger partial charge in [0, 0.05) is 12.1 Å². The molecule has 27 heavy (non-hydrogen) atoms. The molecule has 0 unspecified atom stereocenters. The molecule has 0 bridgehead atoms. The van der Waals surface area contributed by atoms with E-state index in [0.717, 1.165) is 21.9 Å². The molecule has 0 fully saturated rings. The van der Waals surface area contributed by atoms with Crippen molar-refractivity contribution in [2.75, 3.05) is 5.75 Å². The average molecular weight is 373 g/mol. The molecule has 0 aliphatic carbocycles. The second-order valence-corrected chi connectivity index (χ2v) is 8.50. The topological polar surface area (TPSA) is 47.0 Å². The Hall–Kier alpha value is -2.98. The van der Waals surface area contributed by atoms with Crippen molar-refractivity contribution in [3.8, 4) is 0 Å². The number of nitrogens with zero attached hydrogens (tertiary/aromatic N) is 1. The molecule has 4 heteroatoms. The third-order valence-corrected chi connectivity index (χ3v) is 6.37. The van der Waals surface area contributed by atoms with Crippen LogP contribution >= 0.6 is 0 Å². The molecule has 0 aliphatic rings. The summed E-state index contributed by atoms with van der Waals surface area (Å²) >= 11 is 0. The number of hydrogen-bond donors (Lipinski definition) is 0. The van der Waals surface area contributed by atoms with E-state index in [1.807, 2.05) is 60.7 Å². The van der Waals surface area contributed by atoms with Gasteiger partial charge in [0.1, 0.15) is 0 Å². The van der Waals surface area contributed by atoms with Crippen LogP contribution in [0.15, 0.2) is 102 Å². The molecular formula is C23H19NO2S. The molecule has 0 amide bonds. The van der Waals surface area contributed by atoms with E-state index in [0.29, 0.717) is 0 Å². The Morgan fingerprint density at radius 2 is 1.41 bits per heavy atom. The van der Waals surface area contributed by atoms with Gasteiger partial charge in [-0.15, -0.1) is 0 Å². The first-order valence-corrected chi connectivity index (χ1v) is 10.5. The molecule has 0 N–H and O–H groups in total. The monoisotopic (exact) mass is 373 g/mol. The third kappa shape index (κ3) is 3.76. The summed E-state index contributed by atoms with van der Waals surface area (Å²) in [5.41, 5.74) is 1.96. The van der Waals surface area contributed by atoms with E-state index in [1.54, 1.807) is 18.2 Å². The van der Waals surface area contributed by atoms with Crippen molar-refractivity contribution < 1.29 is 8.42 Å². The minimum atomic E-state index is -3.52. The fourth-order valence-electron chi connectivity index (χ4n) is 3.33. The lowest BCUT2D eigenvalue weighted by Crippen LogP contribution is -2.17. The Balaban J connectivity index is 1.80. The fraction of sp³-hybridized carbons (Fsp3) is 0.0870. The van der Waals surface area contributed by atoms with Gasteiger partial charge in [-0.1, -0.05) is 78.9 Å². The first-order valence-electron chi connectivity index (χ1n) is 8.81. The Labute approximate surface area is 159 Å². The Kier molecular flexibility index (Phi) is 4.73. The Bertz CT molecular complexity index is 1160. The van der Waals surface area contributed by atoms with E-state index < -0.39 is 9.84 Å². The summed E-state index contributed by atoms with van der Waals surface area (Å²) in [5.74, 6) is -0.283. The fourth-order valence-corrected chi connectivity index (χ4v) is 4.83. The van der Waals surface area contributed by atoms with Crippen LogP contribution < -0.4 is 0 Å². The molecule has 134 valence electrons. The van der Waals surface area contributed by atoms with Crippen molar-refractivity contribution in [3.63, 3.8) is 0 Å². The maximum absolute atomic E-state index is 13.0. The summed E-state index contributed by atoms with van der Waals surface area (Å²) < 4.78 is 26.0. The minimum absolute atomic E-state index is 0.0215. The summed E-state index contributed by atoms with van der Waals surface area (Å²) in [5, 5.41) is 2.36. The molecule has 0 saturated carbocycles. The van der Waals surface area contributed by atoms with Crippen LogP contribution in [0.25, 0.3) is 10.8 Å². The number of aromatic nitrogens is 1. The van der Waals surface area contributed by atoms with Crippen LogP contribution in [0.2, 0.25) is 0 Å². The van der Waals surface area contributed by atoms with E-state index in [4.69, 9.17) is 0 Å². The lowest BCUT2D eigenvalue weighted by Gasteiger charge is -2.19. The van der Waals surface area contributed by atoms with Gasteiger partial charge in [-0.2, -0.15) is 0 Å². The Morgan fingerprint density at radius 3 is 2.15 bits per heavy atom. The standard InChI is InChI=1S/C23H19NO2S/c25-27(26,23-12-6-7-15-24-23)17-22(19-9-2-1-3-10-19)21-14-13-18-8-4-5-11-20(18)16-21/h1-16,22H,17H2/t22-/m0/s1. The summed E-state index contributed by atoms with van der Waals surface area (Å²) in [7, 11) is -3.52. The van der Waals surface area contributed by atoms with Crippen molar-refractivity contribution >= 4 is 20.6 Å². The van der Waals surface area contributed by atoms with Crippen molar-refractivity contribution in [2.45, 2.75) is 10.9 Å². The van der Waals surface area contributed by atoms with Gasteiger partial charge in [-0.3, -0.25) is 0 Å². The van der Waals surface area contributed by atoms with Gasteiger partial charge < -0.3 is 0 Å². The van der Waals surface area contributed by atoms with Gasteiger partial charge in [0.2, 0.25) is 0 Å². The molecule has 1 aromatic heterocycles. The summed E-state index contributed by atoms with van der Waals surface area (Å²) in [6.45, 7) is 0. The van der Waals surface area contributed by atoms with Gasteiger partial charge in [0.25, 0.3) is 0 Å². The first kappa shape index (κ1) is 17.4. The molecule has 0 saturated heterocycles. The Morgan fingerprint density at radius 1 is 0.704 bits per heavy atom. The van der Waals surface area contributed by atoms with Gasteiger partial charge in [-0.05, 0) is 34.0 Å². The third-order valence-electron chi connectivity index (χ3n) is 4.72. The number of pyridine rings is 1. The van der Waals surface area contributed by atoms with Gasteiger partial charge in [0.15, 0.2) is 14.9 Å². The number of sulfone groups is 1. The number of rotatable bonds is 5. The normalized spacial score (nSPS) is 12.7. The van der Waals surface area contributed by atoms with Crippen LogP contribution in [-0.2, 0) is 9.84 Å². The van der Waals surface area contributed by atoms with Gasteiger partial charge in [-0.25, -0.2) is 13.4 Å². The molecule has 1 heterocycles. The van der Waals surface area contributed by atoms with E-state index >= 15 is 0 Å². The van der Waals surface area contributed by atoms with E-state index in [1.165, 1.54) is 6.20 Å². The van der Waals surface area contributed by atoms with Crippen LogP contribution in [0.3, 0.4) is 0 Å². The molecule has 4 rings (SSSR count). The number of fused-ring (bicyclic) bond motifs is 1. The molecule has 1 atom stereocenters. The van der Waals surface area contributed by atoms with Crippen LogP contribution in [0.5, 0.6) is 0 Å². The molecular weight excluding hydrogens is 354 g/mol. The predicted octanol–water partition coefficient (Wildman–Crippen LogP) is 4.84. The van der Waals surface area contributed by atoms with Gasteiger partial charge >= 0.3 is 0 Å². The minimum Gasteiger partial charge on any atom is -0.245 e. The van der Waals surface area contributed by atoms with E-state index in [-0.39, 0.29) is 16.7 Å². The highest BCUT2D eigenvalue weighted by Crippen LogP contribution is 2.30. The second-order valence-electron chi connectivity index (χ2n) is 6.52. The second kappa shape index (κ2) is 7.33. The maximum atomic E-state index is 13.0. The summed E-state index contributed by atoms with van der Waals surface area (Å²) in [6.07, 6.45) is 1.51. The van der Waals surface area contributed by atoms with Crippen molar-refractivity contribution in [3.05, 3.63) is 108 Å². The molecule has 0 spiro atoms. The first-order chi connectivity index (χ1) is 13.1. The van der Waals surface area contributed by atoms with Crippen LogP contribution in [-0.4, -0.2) is 19.2 Å². The van der Waals surface area contributed by atoms with Crippen molar-refractivity contribution in [1.82, 2.24) is 4.98 Å². The van der Waals surface area contributed by atoms with Crippen LogP contribution in [0.4, 0.5) is 0 Å². The zero-order valence-corrected chi connectivity index (χ0v) is 15.5. The quantitative estimate of drug-likeness (QED) is 0.503. The largest absolute Gasteiger partial charge is 0.245 e. The van der Waals surface area contributed by atoms with Gasteiger partial charge in [0.05, 0.1) is 5.75 Å². The smallest absolute Gasteiger partial charge is 0.196 e. The van der Waals surface area contributed by atoms with Crippen LogP contribution in [0.1, 0.15) is 17.0 Å². The predicted molar refractivity (Wildman–Crippen MR) is 109 cm³/mol. The number of hydrogen-bond acceptors (Lipinski definition) is 3. The van der Waals surface area contributed by atoms with Crippen molar-refractivity contribution in [2.24, 2.45) is 0 Å². The molecule has 3 aromatic carbocycles. The lowest BCUT2D eigenvalue weighted by atomic mass is 9.91. The lowest BCUT2D eigenvalue weighted by molar-refractivity contribution is 0.588. The number of benzene rings is 3. The maximum Gasteiger partial charge on any atom is 0.196 e. The van der Waals surface area contributed by atoms with E-state index in [9.17, 15) is 8.42 Å². The van der Waals surface area contributed by atoms with Crippen molar-refractivity contribution in [1.29, 1.82) is 0 Å². The molecule has 0 aliphatic heterocycles. The van der Waals surface area contributed by atoms with Crippen LogP contribution in [0, 0.1) is 0 Å². The SMILES string of the molecule is O=S(=O)(C[C@@H](c1ccccc1)c1ccc2ccccc2c1)c1ccccn1. The summed E-state index contributed by atoms with van der Waals surface area (Å²) in [6, 6.07) is 29.0. The highest BCUT2D eigenvalue weighted by Gasteiger charge is 2.25. The molecule has 3 nitrogen and oxygen atoms in total.